The lowest BCUT2D eigenvalue weighted by atomic mass is 10.1. The number of halogens is 1. The molecule has 4 aromatic rings. The van der Waals surface area contributed by atoms with Crippen LogP contribution in [0.15, 0.2) is 49.3 Å². The summed E-state index contributed by atoms with van der Waals surface area (Å²) in [4.78, 5) is 33.5. The molecule has 4 rings (SSSR count). The molecule has 0 spiro atoms. The highest BCUT2D eigenvalue weighted by molar-refractivity contribution is 6.29. The van der Waals surface area contributed by atoms with Crippen molar-refractivity contribution in [1.29, 1.82) is 0 Å². The topological polar surface area (TPSA) is 99.3 Å². The van der Waals surface area contributed by atoms with Gasteiger partial charge >= 0.3 is 0 Å². The van der Waals surface area contributed by atoms with Gasteiger partial charge in [-0.1, -0.05) is 11.6 Å². The summed E-state index contributed by atoms with van der Waals surface area (Å²) >= 11 is 5.98. The number of aromatic nitrogens is 7. The van der Waals surface area contributed by atoms with Gasteiger partial charge in [-0.25, -0.2) is 9.97 Å². The Balaban J connectivity index is 1.48. The van der Waals surface area contributed by atoms with Crippen molar-refractivity contribution in [3.63, 3.8) is 0 Å². The van der Waals surface area contributed by atoms with Crippen LogP contribution in [0.3, 0.4) is 0 Å². The molecule has 8 nitrogen and oxygen atoms in total. The van der Waals surface area contributed by atoms with Gasteiger partial charge in [-0.3, -0.25) is 24.4 Å². The molecule has 9 heteroatoms. The summed E-state index contributed by atoms with van der Waals surface area (Å²) < 4.78 is 1.69. The first-order valence-corrected chi connectivity index (χ1v) is 9.64. The standard InChI is InChI=1S/C21H18ClN7O/c1-13-21(18-8-20(22)27-12-26-18)14(2)29(28-13)11-17(30)7-16-4-3-15(9-25-16)19-10-23-5-6-24-19/h3-6,8-10,12H,7,11H2,1-2H3. The summed E-state index contributed by atoms with van der Waals surface area (Å²) in [6.45, 7) is 3.94. The number of Topliss-reactive ketones (excluding diaryl/α,β-unsaturated/α-hetero) is 1. The number of ketones is 1. The van der Waals surface area contributed by atoms with Crippen LogP contribution in [-0.2, 0) is 17.8 Å². The average Bonchev–Trinajstić information content (AvgIpc) is 3.02. The van der Waals surface area contributed by atoms with Crippen molar-refractivity contribution in [2.45, 2.75) is 26.8 Å². The number of carbonyl (C=O) groups is 1. The average molecular weight is 420 g/mol. The maximum atomic E-state index is 12.6. The number of nitrogens with zero attached hydrogens (tertiary/aromatic N) is 7. The zero-order valence-corrected chi connectivity index (χ0v) is 17.2. The smallest absolute Gasteiger partial charge is 0.160 e. The molecular weight excluding hydrogens is 402 g/mol. The van der Waals surface area contributed by atoms with E-state index in [0.29, 0.717) is 16.5 Å². The summed E-state index contributed by atoms with van der Waals surface area (Å²) in [6.07, 6.45) is 8.25. The lowest BCUT2D eigenvalue weighted by molar-refractivity contribution is -0.119. The molecule has 0 aliphatic rings. The minimum absolute atomic E-state index is 0.00706. The van der Waals surface area contributed by atoms with Crippen molar-refractivity contribution in [2.24, 2.45) is 0 Å². The van der Waals surface area contributed by atoms with Gasteiger partial charge < -0.3 is 0 Å². The van der Waals surface area contributed by atoms with Crippen LogP contribution >= 0.6 is 11.6 Å². The summed E-state index contributed by atoms with van der Waals surface area (Å²) in [7, 11) is 0. The first-order chi connectivity index (χ1) is 14.5. The predicted octanol–water partition coefficient (Wildman–Crippen LogP) is 3.27. The van der Waals surface area contributed by atoms with Gasteiger partial charge in [-0.2, -0.15) is 5.10 Å². The van der Waals surface area contributed by atoms with Gasteiger partial charge in [0.15, 0.2) is 5.78 Å². The third kappa shape index (κ3) is 4.23. The molecular formula is C21H18ClN7O. The van der Waals surface area contributed by atoms with Gasteiger partial charge in [0.2, 0.25) is 0 Å². The first kappa shape index (κ1) is 19.8. The summed E-state index contributed by atoms with van der Waals surface area (Å²) in [5.41, 5.74) is 5.46. The Morgan fingerprint density at radius 1 is 1.03 bits per heavy atom. The van der Waals surface area contributed by atoms with E-state index in [1.165, 1.54) is 6.33 Å². The second kappa shape index (κ2) is 8.46. The maximum absolute atomic E-state index is 12.6. The van der Waals surface area contributed by atoms with Crippen LogP contribution in [0, 0.1) is 13.8 Å². The Labute approximate surface area is 178 Å². The molecule has 30 heavy (non-hydrogen) atoms. The minimum atomic E-state index is 0.00706. The van der Waals surface area contributed by atoms with Crippen molar-refractivity contribution in [3.05, 3.63) is 71.5 Å². The fraction of sp³-hybridized carbons (Fsp3) is 0.190. The van der Waals surface area contributed by atoms with E-state index in [1.54, 1.807) is 35.5 Å². The molecule has 4 aromatic heterocycles. The van der Waals surface area contributed by atoms with Crippen LogP contribution in [0.4, 0.5) is 0 Å². The summed E-state index contributed by atoms with van der Waals surface area (Å²) in [6, 6.07) is 5.41. The third-order valence-electron chi connectivity index (χ3n) is 4.66. The molecule has 0 saturated carbocycles. The third-order valence-corrected chi connectivity index (χ3v) is 4.87. The highest BCUT2D eigenvalue weighted by Gasteiger charge is 2.17. The van der Waals surface area contributed by atoms with Gasteiger partial charge in [0, 0.05) is 47.2 Å². The van der Waals surface area contributed by atoms with E-state index in [9.17, 15) is 4.79 Å². The summed E-state index contributed by atoms with van der Waals surface area (Å²) in [5.74, 6) is 0.00706. The Hall–Kier alpha value is -3.52. The SMILES string of the molecule is Cc1nn(CC(=O)Cc2ccc(-c3cnccn3)cn2)c(C)c1-c1cc(Cl)ncn1. The molecule has 0 amide bonds. The Morgan fingerprint density at radius 2 is 1.90 bits per heavy atom. The molecule has 0 fully saturated rings. The van der Waals surface area contributed by atoms with E-state index in [-0.39, 0.29) is 18.7 Å². The number of carbonyl (C=O) groups excluding carboxylic acids is 1. The molecule has 0 aliphatic heterocycles. The Kier molecular flexibility index (Phi) is 5.58. The van der Waals surface area contributed by atoms with Crippen LogP contribution in [-0.4, -0.2) is 40.5 Å². The molecule has 0 radical (unpaired) electrons. The lowest BCUT2D eigenvalue weighted by Gasteiger charge is -2.06. The van der Waals surface area contributed by atoms with Crippen molar-refractivity contribution >= 4 is 17.4 Å². The lowest BCUT2D eigenvalue weighted by Crippen LogP contribution is -2.15. The van der Waals surface area contributed by atoms with E-state index < -0.39 is 0 Å². The van der Waals surface area contributed by atoms with Crippen LogP contribution < -0.4 is 0 Å². The van der Waals surface area contributed by atoms with Crippen molar-refractivity contribution in [1.82, 2.24) is 34.7 Å². The van der Waals surface area contributed by atoms with Gasteiger partial charge in [0.25, 0.3) is 0 Å². The van der Waals surface area contributed by atoms with E-state index in [1.807, 2.05) is 26.0 Å². The normalized spacial score (nSPS) is 10.9. The predicted molar refractivity (Wildman–Crippen MR) is 112 cm³/mol. The molecule has 0 saturated heterocycles. The molecule has 4 heterocycles. The number of hydrogen-bond donors (Lipinski definition) is 0. The van der Waals surface area contributed by atoms with E-state index in [0.717, 1.165) is 28.2 Å². The van der Waals surface area contributed by atoms with Crippen molar-refractivity contribution in [3.8, 4) is 22.5 Å². The second-order valence-electron chi connectivity index (χ2n) is 6.77. The van der Waals surface area contributed by atoms with E-state index >= 15 is 0 Å². The highest BCUT2D eigenvalue weighted by Crippen LogP contribution is 2.26. The molecule has 150 valence electrons. The van der Waals surface area contributed by atoms with Gasteiger partial charge in [0.05, 0.1) is 29.7 Å². The van der Waals surface area contributed by atoms with Crippen molar-refractivity contribution < 1.29 is 4.79 Å². The minimum Gasteiger partial charge on any atom is -0.297 e. The van der Waals surface area contributed by atoms with E-state index in [4.69, 9.17) is 11.6 Å². The molecule has 0 bridgehead atoms. The van der Waals surface area contributed by atoms with Crippen molar-refractivity contribution in [2.75, 3.05) is 0 Å². The highest BCUT2D eigenvalue weighted by atomic mass is 35.5. The second-order valence-corrected chi connectivity index (χ2v) is 7.16. The number of rotatable bonds is 6. The van der Waals surface area contributed by atoms with Crippen LogP contribution in [0.2, 0.25) is 5.15 Å². The molecule has 0 N–H and O–H groups in total. The number of pyridine rings is 1. The fourth-order valence-corrected chi connectivity index (χ4v) is 3.39. The largest absolute Gasteiger partial charge is 0.297 e. The Bertz CT molecular complexity index is 1190. The molecule has 0 unspecified atom stereocenters. The van der Waals surface area contributed by atoms with Crippen LogP contribution in [0.1, 0.15) is 17.1 Å². The molecule has 0 aromatic carbocycles. The quantitative estimate of drug-likeness (QED) is 0.442. The monoisotopic (exact) mass is 419 g/mol. The zero-order chi connectivity index (χ0) is 21.1. The van der Waals surface area contributed by atoms with Crippen LogP contribution in [0.5, 0.6) is 0 Å². The zero-order valence-electron chi connectivity index (χ0n) is 16.4. The number of hydrogen-bond acceptors (Lipinski definition) is 7. The maximum Gasteiger partial charge on any atom is 0.160 e. The fourth-order valence-electron chi connectivity index (χ4n) is 3.25. The molecule has 0 aliphatic carbocycles. The molecule has 0 atom stereocenters. The van der Waals surface area contributed by atoms with Crippen LogP contribution in [0.25, 0.3) is 22.5 Å². The Morgan fingerprint density at radius 3 is 2.60 bits per heavy atom. The van der Waals surface area contributed by atoms with E-state index in [2.05, 4.69) is 30.0 Å². The number of aryl methyl sites for hydroxylation is 1. The summed E-state index contributed by atoms with van der Waals surface area (Å²) in [5, 5.41) is 4.87. The first-order valence-electron chi connectivity index (χ1n) is 9.26. The van der Waals surface area contributed by atoms with Gasteiger partial charge in [-0.15, -0.1) is 0 Å². The van der Waals surface area contributed by atoms with Gasteiger partial charge in [0.1, 0.15) is 18.0 Å². The van der Waals surface area contributed by atoms with Gasteiger partial charge in [-0.05, 0) is 26.0 Å².